The second-order valence-electron chi connectivity index (χ2n) is 6.19. The summed E-state index contributed by atoms with van der Waals surface area (Å²) in [5, 5.41) is 0. The summed E-state index contributed by atoms with van der Waals surface area (Å²) in [4.78, 5) is 28.0. The Bertz CT molecular complexity index is 813. The third-order valence-electron chi connectivity index (χ3n) is 4.76. The fourth-order valence-corrected chi connectivity index (χ4v) is 3.50. The molecule has 0 aliphatic carbocycles. The fourth-order valence-electron chi connectivity index (χ4n) is 3.50. The normalized spacial score (nSPS) is 15.8. The molecule has 0 radical (unpaired) electrons. The van der Waals surface area contributed by atoms with Gasteiger partial charge in [0.1, 0.15) is 0 Å². The summed E-state index contributed by atoms with van der Waals surface area (Å²) in [6.07, 6.45) is 1.73. The highest BCUT2D eigenvalue weighted by Crippen LogP contribution is 2.30. The molecule has 0 aromatic heterocycles. The number of likely N-dealkylation sites (N-methyl/N-ethyl adjacent to an activating group) is 1. The van der Waals surface area contributed by atoms with Gasteiger partial charge < -0.3 is 9.80 Å². The second kappa shape index (κ2) is 5.23. The van der Waals surface area contributed by atoms with Crippen LogP contribution in [0.3, 0.4) is 0 Å². The van der Waals surface area contributed by atoms with Crippen molar-refractivity contribution in [1.29, 1.82) is 0 Å². The van der Waals surface area contributed by atoms with E-state index >= 15 is 0 Å². The summed E-state index contributed by atoms with van der Waals surface area (Å²) in [5.74, 6) is 0.226. The molecule has 2 aliphatic rings. The van der Waals surface area contributed by atoms with Gasteiger partial charge in [0.2, 0.25) is 11.8 Å². The van der Waals surface area contributed by atoms with E-state index in [9.17, 15) is 9.59 Å². The molecule has 116 valence electrons. The van der Waals surface area contributed by atoms with E-state index in [1.165, 1.54) is 5.56 Å². The Balaban J connectivity index is 1.55. The molecule has 4 nitrogen and oxygen atoms in total. The maximum Gasteiger partial charge on any atom is 0.231 e. The predicted molar refractivity (Wildman–Crippen MR) is 89.8 cm³/mol. The van der Waals surface area contributed by atoms with Crippen molar-refractivity contribution in [3.8, 4) is 0 Å². The van der Waals surface area contributed by atoms with E-state index < -0.39 is 0 Å². The van der Waals surface area contributed by atoms with Gasteiger partial charge >= 0.3 is 0 Å². The molecule has 0 unspecified atom stereocenters. The first-order valence-corrected chi connectivity index (χ1v) is 7.90. The van der Waals surface area contributed by atoms with Crippen LogP contribution in [0.25, 0.3) is 0 Å². The summed E-state index contributed by atoms with van der Waals surface area (Å²) in [6.45, 7) is 0.754. The number of hydrogen-bond donors (Lipinski definition) is 0. The van der Waals surface area contributed by atoms with Gasteiger partial charge in [0.25, 0.3) is 0 Å². The number of para-hydroxylation sites is 1. The summed E-state index contributed by atoms with van der Waals surface area (Å²) in [7, 11) is 1.79. The van der Waals surface area contributed by atoms with Crippen molar-refractivity contribution in [2.45, 2.75) is 19.3 Å². The number of carbonyl (C=O) groups excluding carboxylic acids is 2. The van der Waals surface area contributed by atoms with E-state index in [2.05, 4.69) is 6.07 Å². The molecule has 23 heavy (non-hydrogen) atoms. The lowest BCUT2D eigenvalue weighted by molar-refractivity contribution is -0.118. The van der Waals surface area contributed by atoms with Gasteiger partial charge in [-0.25, -0.2) is 0 Å². The van der Waals surface area contributed by atoms with Crippen molar-refractivity contribution in [2.24, 2.45) is 0 Å². The molecule has 0 saturated heterocycles. The lowest BCUT2D eigenvalue weighted by atomic mass is 10.1. The predicted octanol–water partition coefficient (Wildman–Crippen LogP) is 2.34. The van der Waals surface area contributed by atoms with Crippen LogP contribution < -0.4 is 9.80 Å². The van der Waals surface area contributed by atoms with Gasteiger partial charge in [-0.15, -0.1) is 0 Å². The van der Waals surface area contributed by atoms with Gasteiger partial charge in [0, 0.05) is 25.0 Å². The first-order valence-electron chi connectivity index (χ1n) is 7.90. The van der Waals surface area contributed by atoms with Crippen LogP contribution in [-0.4, -0.2) is 25.4 Å². The molecule has 0 atom stereocenters. The standard InChI is InChI=1S/C19H18N2O2/c1-20-16-7-6-13(10-15(16)12-18(20)22)11-19(23)21-9-8-14-4-2-3-5-17(14)21/h2-7,10H,8-9,11-12H2,1H3. The summed E-state index contributed by atoms with van der Waals surface area (Å²) < 4.78 is 0. The van der Waals surface area contributed by atoms with Crippen molar-refractivity contribution >= 4 is 23.2 Å². The van der Waals surface area contributed by atoms with Gasteiger partial charge in [0.05, 0.1) is 12.8 Å². The second-order valence-corrected chi connectivity index (χ2v) is 6.19. The maximum atomic E-state index is 12.7. The minimum atomic E-state index is 0.108. The van der Waals surface area contributed by atoms with E-state index in [1.54, 1.807) is 11.9 Å². The lowest BCUT2D eigenvalue weighted by Crippen LogP contribution is -2.30. The molecule has 2 aromatic rings. The van der Waals surface area contributed by atoms with Crippen LogP contribution in [0.5, 0.6) is 0 Å². The molecule has 2 aromatic carbocycles. The van der Waals surface area contributed by atoms with Gasteiger partial charge in [-0.3, -0.25) is 9.59 Å². The molecule has 0 saturated carbocycles. The lowest BCUT2D eigenvalue weighted by Gasteiger charge is -2.17. The Hall–Kier alpha value is -2.62. The molecule has 4 heteroatoms. The summed E-state index contributed by atoms with van der Waals surface area (Å²) >= 11 is 0. The van der Waals surface area contributed by atoms with Gasteiger partial charge in [0.15, 0.2) is 0 Å². The molecule has 0 bridgehead atoms. The van der Waals surface area contributed by atoms with Crippen molar-refractivity contribution in [2.75, 3.05) is 23.4 Å². The van der Waals surface area contributed by atoms with Crippen LogP contribution in [0, 0.1) is 0 Å². The highest BCUT2D eigenvalue weighted by atomic mass is 16.2. The van der Waals surface area contributed by atoms with E-state index in [1.807, 2.05) is 41.3 Å². The molecular formula is C19H18N2O2. The SMILES string of the molecule is CN1C(=O)Cc2cc(CC(=O)N3CCc4ccccc43)ccc21. The molecule has 2 aliphatic heterocycles. The monoisotopic (exact) mass is 306 g/mol. The van der Waals surface area contributed by atoms with Crippen LogP contribution in [0.15, 0.2) is 42.5 Å². The average molecular weight is 306 g/mol. The highest BCUT2D eigenvalue weighted by molar-refractivity contribution is 6.01. The zero-order valence-electron chi connectivity index (χ0n) is 13.1. The molecule has 0 fully saturated rings. The molecule has 0 N–H and O–H groups in total. The van der Waals surface area contributed by atoms with Crippen LogP contribution >= 0.6 is 0 Å². The molecule has 0 spiro atoms. The Kier molecular flexibility index (Phi) is 3.18. The van der Waals surface area contributed by atoms with Gasteiger partial charge in [-0.2, -0.15) is 0 Å². The molecule has 2 heterocycles. The number of carbonyl (C=O) groups is 2. The smallest absolute Gasteiger partial charge is 0.231 e. The van der Waals surface area contributed by atoms with E-state index in [0.29, 0.717) is 12.8 Å². The Morgan fingerprint density at radius 1 is 1.09 bits per heavy atom. The van der Waals surface area contributed by atoms with Crippen LogP contribution in [0.1, 0.15) is 16.7 Å². The fraction of sp³-hybridized carbons (Fsp3) is 0.263. The van der Waals surface area contributed by atoms with Crippen molar-refractivity contribution in [3.05, 3.63) is 59.2 Å². The number of hydrogen-bond acceptors (Lipinski definition) is 2. The topological polar surface area (TPSA) is 40.6 Å². The van der Waals surface area contributed by atoms with Crippen molar-refractivity contribution in [3.63, 3.8) is 0 Å². The van der Waals surface area contributed by atoms with Crippen molar-refractivity contribution in [1.82, 2.24) is 0 Å². The highest BCUT2D eigenvalue weighted by Gasteiger charge is 2.26. The number of benzene rings is 2. The number of rotatable bonds is 2. The van der Waals surface area contributed by atoms with E-state index in [0.717, 1.165) is 35.5 Å². The zero-order chi connectivity index (χ0) is 16.0. The summed E-state index contributed by atoms with van der Waals surface area (Å²) in [5.41, 5.74) is 5.22. The number of nitrogens with zero attached hydrogens (tertiary/aromatic N) is 2. The first kappa shape index (κ1) is 14.0. The van der Waals surface area contributed by atoms with E-state index in [-0.39, 0.29) is 11.8 Å². The van der Waals surface area contributed by atoms with Crippen molar-refractivity contribution < 1.29 is 9.59 Å². The third kappa shape index (κ3) is 2.31. The molecule has 2 amide bonds. The molecule has 4 rings (SSSR count). The van der Waals surface area contributed by atoms with E-state index in [4.69, 9.17) is 0 Å². The Morgan fingerprint density at radius 3 is 2.78 bits per heavy atom. The van der Waals surface area contributed by atoms with Crippen LogP contribution in [0.4, 0.5) is 11.4 Å². The molecular weight excluding hydrogens is 288 g/mol. The number of anilines is 2. The zero-order valence-corrected chi connectivity index (χ0v) is 13.1. The summed E-state index contributed by atoms with van der Waals surface area (Å²) in [6, 6.07) is 14.0. The minimum Gasteiger partial charge on any atom is -0.315 e. The number of fused-ring (bicyclic) bond motifs is 2. The van der Waals surface area contributed by atoms with Gasteiger partial charge in [-0.1, -0.05) is 30.3 Å². The first-order chi connectivity index (χ1) is 11.1. The maximum absolute atomic E-state index is 12.7. The Labute approximate surface area is 135 Å². The largest absolute Gasteiger partial charge is 0.315 e. The average Bonchev–Trinajstić information content (AvgIpc) is 3.09. The number of amides is 2. The quantitative estimate of drug-likeness (QED) is 0.854. The third-order valence-corrected chi connectivity index (χ3v) is 4.76. The minimum absolute atomic E-state index is 0.108. The van der Waals surface area contributed by atoms with Crippen LogP contribution in [0.2, 0.25) is 0 Å². The van der Waals surface area contributed by atoms with Gasteiger partial charge in [-0.05, 0) is 35.2 Å². The Morgan fingerprint density at radius 2 is 1.91 bits per heavy atom. The van der Waals surface area contributed by atoms with Crippen LogP contribution in [-0.2, 0) is 28.9 Å².